The molecule has 0 aliphatic heterocycles. The van der Waals surface area contributed by atoms with Crippen molar-refractivity contribution in [3.63, 3.8) is 0 Å². The predicted molar refractivity (Wildman–Crippen MR) is 104 cm³/mol. The Kier molecular flexibility index (Phi) is 5.27. The molecule has 0 aliphatic carbocycles. The lowest BCUT2D eigenvalue weighted by molar-refractivity contribution is 0.0951. The van der Waals surface area contributed by atoms with Gasteiger partial charge in [0.2, 0.25) is 5.95 Å². The average Bonchev–Trinajstić information content (AvgIpc) is 2.59. The first-order valence-corrected chi connectivity index (χ1v) is 8.53. The van der Waals surface area contributed by atoms with Gasteiger partial charge >= 0.3 is 0 Å². The minimum absolute atomic E-state index is 0.0966. The lowest BCUT2D eigenvalue weighted by Gasteiger charge is -2.09. The van der Waals surface area contributed by atoms with E-state index < -0.39 is 0 Å². The SMILES string of the molecule is Cc1cccc(CNC(=O)c2ccc(Nc3nc(C)cc(C)n3)cc2)c1. The number of nitrogens with one attached hydrogen (secondary N) is 2. The Balaban J connectivity index is 1.62. The van der Waals surface area contributed by atoms with Crippen molar-refractivity contribution in [1.29, 1.82) is 0 Å². The van der Waals surface area contributed by atoms with Gasteiger partial charge in [0.1, 0.15) is 0 Å². The molecular formula is C21H22N4O. The van der Waals surface area contributed by atoms with E-state index in [1.165, 1.54) is 5.56 Å². The number of amides is 1. The minimum atomic E-state index is -0.0966. The van der Waals surface area contributed by atoms with Crippen molar-refractivity contribution in [3.05, 3.63) is 82.7 Å². The quantitative estimate of drug-likeness (QED) is 0.731. The molecule has 3 rings (SSSR count). The number of carbonyl (C=O) groups excluding carboxylic acids is 1. The highest BCUT2D eigenvalue weighted by Gasteiger charge is 2.06. The summed E-state index contributed by atoms with van der Waals surface area (Å²) >= 11 is 0. The molecule has 5 heteroatoms. The summed E-state index contributed by atoms with van der Waals surface area (Å²) in [5, 5.41) is 6.10. The smallest absolute Gasteiger partial charge is 0.251 e. The van der Waals surface area contributed by atoms with Gasteiger partial charge in [-0.2, -0.15) is 0 Å². The number of carbonyl (C=O) groups is 1. The van der Waals surface area contributed by atoms with Gasteiger partial charge in [0.05, 0.1) is 0 Å². The number of benzene rings is 2. The highest BCUT2D eigenvalue weighted by molar-refractivity contribution is 5.94. The van der Waals surface area contributed by atoms with Gasteiger partial charge in [0, 0.05) is 29.2 Å². The van der Waals surface area contributed by atoms with Gasteiger partial charge in [0.25, 0.3) is 5.91 Å². The second-order valence-electron chi connectivity index (χ2n) is 6.35. The molecule has 5 nitrogen and oxygen atoms in total. The third-order valence-electron chi connectivity index (χ3n) is 3.92. The van der Waals surface area contributed by atoms with Crippen molar-refractivity contribution in [2.45, 2.75) is 27.3 Å². The maximum absolute atomic E-state index is 12.3. The van der Waals surface area contributed by atoms with Crippen LogP contribution in [0.15, 0.2) is 54.6 Å². The molecule has 3 aromatic rings. The fraction of sp³-hybridized carbons (Fsp3) is 0.190. The normalized spacial score (nSPS) is 10.4. The molecule has 0 saturated carbocycles. The van der Waals surface area contributed by atoms with Crippen LogP contribution in [0.1, 0.15) is 32.9 Å². The molecule has 132 valence electrons. The molecular weight excluding hydrogens is 324 g/mol. The fourth-order valence-electron chi connectivity index (χ4n) is 2.72. The molecule has 1 aromatic heterocycles. The molecule has 26 heavy (non-hydrogen) atoms. The Hall–Kier alpha value is -3.21. The second kappa shape index (κ2) is 7.78. The summed E-state index contributed by atoms with van der Waals surface area (Å²) in [4.78, 5) is 21.0. The zero-order valence-electron chi connectivity index (χ0n) is 15.2. The van der Waals surface area contributed by atoms with Crippen molar-refractivity contribution in [3.8, 4) is 0 Å². The van der Waals surface area contributed by atoms with Gasteiger partial charge in [-0.15, -0.1) is 0 Å². The summed E-state index contributed by atoms with van der Waals surface area (Å²) in [6.45, 7) is 6.41. The van der Waals surface area contributed by atoms with E-state index >= 15 is 0 Å². The zero-order chi connectivity index (χ0) is 18.5. The maximum atomic E-state index is 12.3. The number of hydrogen-bond acceptors (Lipinski definition) is 4. The molecule has 0 saturated heterocycles. The van der Waals surface area contributed by atoms with Crippen molar-refractivity contribution in [2.75, 3.05) is 5.32 Å². The topological polar surface area (TPSA) is 66.9 Å². The van der Waals surface area contributed by atoms with Crippen LogP contribution >= 0.6 is 0 Å². The van der Waals surface area contributed by atoms with Crippen LogP contribution in [0.5, 0.6) is 0 Å². The Morgan fingerprint density at radius 2 is 1.62 bits per heavy atom. The van der Waals surface area contributed by atoms with Crippen LogP contribution in [0.4, 0.5) is 11.6 Å². The van der Waals surface area contributed by atoms with Crippen molar-refractivity contribution < 1.29 is 4.79 Å². The van der Waals surface area contributed by atoms with Crippen molar-refractivity contribution >= 4 is 17.5 Å². The van der Waals surface area contributed by atoms with Gasteiger partial charge in [-0.25, -0.2) is 9.97 Å². The lowest BCUT2D eigenvalue weighted by atomic mass is 10.1. The van der Waals surface area contributed by atoms with Crippen LogP contribution in [0.25, 0.3) is 0 Å². The predicted octanol–water partition coefficient (Wildman–Crippen LogP) is 4.08. The largest absolute Gasteiger partial charge is 0.348 e. The molecule has 0 bridgehead atoms. The number of aryl methyl sites for hydroxylation is 3. The summed E-state index contributed by atoms with van der Waals surface area (Å²) < 4.78 is 0. The standard InChI is InChI=1S/C21H22N4O/c1-14-5-4-6-17(11-14)13-22-20(26)18-7-9-19(10-8-18)25-21-23-15(2)12-16(3)24-21/h4-12H,13H2,1-3H3,(H,22,26)(H,23,24,25). The first kappa shape index (κ1) is 17.6. The van der Waals surface area contributed by atoms with Crippen molar-refractivity contribution in [2.24, 2.45) is 0 Å². The molecule has 0 spiro atoms. The van der Waals surface area contributed by atoms with E-state index in [1.807, 2.05) is 57.2 Å². The van der Waals surface area contributed by atoms with Crippen LogP contribution < -0.4 is 10.6 Å². The van der Waals surface area contributed by atoms with Gasteiger partial charge in [0.15, 0.2) is 0 Å². The Morgan fingerprint density at radius 3 is 2.27 bits per heavy atom. The van der Waals surface area contributed by atoms with E-state index in [2.05, 4.69) is 26.7 Å². The number of anilines is 2. The summed E-state index contributed by atoms with van der Waals surface area (Å²) in [7, 11) is 0. The van der Waals surface area contributed by atoms with E-state index in [4.69, 9.17) is 0 Å². The molecule has 2 N–H and O–H groups in total. The first-order chi connectivity index (χ1) is 12.5. The molecule has 0 unspecified atom stereocenters. The Bertz CT molecular complexity index is 899. The summed E-state index contributed by atoms with van der Waals surface area (Å²) in [5.74, 6) is 0.458. The van der Waals surface area contributed by atoms with Crippen LogP contribution in [0.3, 0.4) is 0 Å². The highest BCUT2D eigenvalue weighted by atomic mass is 16.1. The molecule has 2 aromatic carbocycles. The second-order valence-corrected chi connectivity index (χ2v) is 6.35. The van der Waals surface area contributed by atoms with E-state index in [0.29, 0.717) is 18.1 Å². The van der Waals surface area contributed by atoms with E-state index in [0.717, 1.165) is 22.6 Å². The lowest BCUT2D eigenvalue weighted by Crippen LogP contribution is -2.22. The minimum Gasteiger partial charge on any atom is -0.348 e. The van der Waals surface area contributed by atoms with Crippen LogP contribution in [-0.2, 0) is 6.54 Å². The summed E-state index contributed by atoms with van der Waals surface area (Å²) in [6.07, 6.45) is 0. The van der Waals surface area contributed by atoms with Gasteiger partial charge in [-0.3, -0.25) is 4.79 Å². The number of hydrogen-bond donors (Lipinski definition) is 2. The summed E-state index contributed by atoms with van der Waals surface area (Å²) in [6, 6.07) is 17.3. The first-order valence-electron chi connectivity index (χ1n) is 8.53. The van der Waals surface area contributed by atoms with Gasteiger partial charge in [-0.1, -0.05) is 29.8 Å². The third-order valence-corrected chi connectivity index (χ3v) is 3.92. The number of nitrogens with zero attached hydrogens (tertiary/aromatic N) is 2. The van der Waals surface area contributed by atoms with Crippen LogP contribution in [-0.4, -0.2) is 15.9 Å². The maximum Gasteiger partial charge on any atom is 0.251 e. The number of rotatable bonds is 5. The molecule has 0 aliphatic rings. The van der Waals surface area contributed by atoms with E-state index in [1.54, 1.807) is 12.1 Å². The molecule has 1 amide bonds. The molecule has 1 heterocycles. The Morgan fingerprint density at radius 1 is 0.923 bits per heavy atom. The summed E-state index contributed by atoms with van der Waals surface area (Å²) in [5.41, 5.74) is 5.54. The van der Waals surface area contributed by atoms with E-state index in [-0.39, 0.29) is 5.91 Å². The molecule has 0 atom stereocenters. The fourth-order valence-corrected chi connectivity index (χ4v) is 2.72. The highest BCUT2D eigenvalue weighted by Crippen LogP contribution is 2.15. The van der Waals surface area contributed by atoms with Gasteiger partial charge in [-0.05, 0) is 56.7 Å². The monoisotopic (exact) mass is 346 g/mol. The van der Waals surface area contributed by atoms with E-state index in [9.17, 15) is 4.79 Å². The Labute approximate surface area is 153 Å². The molecule has 0 radical (unpaired) electrons. The zero-order valence-corrected chi connectivity index (χ0v) is 15.2. The third kappa shape index (κ3) is 4.66. The average molecular weight is 346 g/mol. The van der Waals surface area contributed by atoms with Crippen molar-refractivity contribution in [1.82, 2.24) is 15.3 Å². The number of aromatic nitrogens is 2. The van der Waals surface area contributed by atoms with Gasteiger partial charge < -0.3 is 10.6 Å². The molecule has 0 fully saturated rings. The van der Waals surface area contributed by atoms with Crippen LogP contribution in [0.2, 0.25) is 0 Å². The van der Waals surface area contributed by atoms with Crippen LogP contribution in [0, 0.1) is 20.8 Å².